The van der Waals surface area contributed by atoms with E-state index in [0.29, 0.717) is 6.54 Å². The molecule has 1 fully saturated rings. The summed E-state index contributed by atoms with van der Waals surface area (Å²) in [6.45, 7) is 3.67. The van der Waals surface area contributed by atoms with Crippen LogP contribution in [0.3, 0.4) is 0 Å². The van der Waals surface area contributed by atoms with E-state index in [9.17, 15) is 9.59 Å². The van der Waals surface area contributed by atoms with Crippen LogP contribution in [0.15, 0.2) is 23.3 Å². The summed E-state index contributed by atoms with van der Waals surface area (Å²) in [6, 6.07) is 1.36. The number of likely N-dealkylation sites (tertiary alicyclic amines) is 1. The molecule has 98 valence electrons. The third kappa shape index (κ3) is 3.43. The first-order chi connectivity index (χ1) is 8.77. The van der Waals surface area contributed by atoms with E-state index in [-0.39, 0.29) is 16.9 Å². The molecule has 1 aromatic heterocycles. The van der Waals surface area contributed by atoms with Gasteiger partial charge in [0, 0.05) is 31.5 Å². The quantitative estimate of drug-likeness (QED) is 0.821. The zero-order valence-electron chi connectivity index (χ0n) is 10.4. The molecular weight excluding hydrogens is 230 g/mol. The summed E-state index contributed by atoms with van der Waals surface area (Å²) in [4.78, 5) is 28.3. The van der Waals surface area contributed by atoms with Crippen LogP contribution in [0.25, 0.3) is 0 Å². The van der Waals surface area contributed by atoms with Gasteiger partial charge in [0.05, 0.1) is 0 Å². The Balaban J connectivity index is 1.78. The predicted molar refractivity (Wildman–Crippen MR) is 69.7 cm³/mol. The molecular formula is C13H19N3O2. The molecule has 1 saturated heterocycles. The number of nitrogens with one attached hydrogen (secondary N) is 2. The van der Waals surface area contributed by atoms with Crippen LogP contribution < -0.4 is 10.7 Å². The summed E-state index contributed by atoms with van der Waals surface area (Å²) >= 11 is 0. The predicted octanol–water partition coefficient (Wildman–Crippen LogP) is 0.591. The minimum atomic E-state index is -0.297. The Bertz CT molecular complexity index is 450. The second kappa shape index (κ2) is 6.35. The first kappa shape index (κ1) is 12.8. The molecule has 0 aromatic carbocycles. The van der Waals surface area contributed by atoms with Crippen molar-refractivity contribution in [3.8, 4) is 0 Å². The number of rotatable bonds is 4. The number of piperidine rings is 1. The number of hydrogen-bond acceptors (Lipinski definition) is 3. The Morgan fingerprint density at radius 2 is 2.11 bits per heavy atom. The fourth-order valence-corrected chi connectivity index (χ4v) is 2.20. The molecule has 2 heterocycles. The van der Waals surface area contributed by atoms with Crippen molar-refractivity contribution < 1.29 is 4.79 Å². The number of aromatic nitrogens is 1. The molecule has 2 N–H and O–H groups in total. The monoisotopic (exact) mass is 249 g/mol. The number of amides is 1. The van der Waals surface area contributed by atoms with Gasteiger partial charge in [-0.15, -0.1) is 0 Å². The van der Waals surface area contributed by atoms with Crippen LogP contribution in [0.2, 0.25) is 0 Å². The Morgan fingerprint density at radius 3 is 2.83 bits per heavy atom. The van der Waals surface area contributed by atoms with Crippen molar-refractivity contribution in [1.82, 2.24) is 15.2 Å². The van der Waals surface area contributed by atoms with Gasteiger partial charge in [0.1, 0.15) is 5.56 Å². The van der Waals surface area contributed by atoms with Crippen molar-refractivity contribution in [2.45, 2.75) is 19.3 Å². The van der Waals surface area contributed by atoms with Crippen LogP contribution in [0, 0.1) is 0 Å². The van der Waals surface area contributed by atoms with Crippen LogP contribution in [-0.2, 0) is 0 Å². The van der Waals surface area contributed by atoms with Crippen LogP contribution in [0.1, 0.15) is 29.6 Å². The number of H-pyrrole nitrogens is 1. The second-order valence-electron chi connectivity index (χ2n) is 4.58. The van der Waals surface area contributed by atoms with E-state index in [0.717, 1.165) is 19.6 Å². The van der Waals surface area contributed by atoms with Gasteiger partial charge < -0.3 is 15.2 Å². The average molecular weight is 249 g/mol. The lowest BCUT2D eigenvalue weighted by atomic mass is 10.1. The second-order valence-corrected chi connectivity index (χ2v) is 4.58. The van der Waals surface area contributed by atoms with Gasteiger partial charge in [0.25, 0.3) is 5.91 Å². The Labute approximate surface area is 106 Å². The smallest absolute Gasteiger partial charge is 0.256 e. The molecule has 5 heteroatoms. The lowest BCUT2D eigenvalue weighted by Crippen LogP contribution is -2.38. The van der Waals surface area contributed by atoms with Crippen molar-refractivity contribution in [2.75, 3.05) is 26.2 Å². The standard InChI is InChI=1S/C13H19N3O2/c17-12-4-5-14-10-11(12)13(18)15-6-9-16-7-2-1-3-8-16/h4-5,10H,1-3,6-9H2,(H,14,17)(H,15,18). The van der Waals surface area contributed by atoms with Crippen molar-refractivity contribution >= 4 is 5.91 Å². The Morgan fingerprint density at radius 1 is 1.33 bits per heavy atom. The summed E-state index contributed by atoms with van der Waals surface area (Å²) in [5, 5.41) is 2.79. The van der Waals surface area contributed by atoms with Gasteiger partial charge in [0.2, 0.25) is 0 Å². The van der Waals surface area contributed by atoms with Gasteiger partial charge in [-0.3, -0.25) is 9.59 Å². The van der Waals surface area contributed by atoms with Gasteiger partial charge in [-0.25, -0.2) is 0 Å². The van der Waals surface area contributed by atoms with Crippen molar-refractivity contribution in [1.29, 1.82) is 0 Å². The highest BCUT2D eigenvalue weighted by atomic mass is 16.2. The topological polar surface area (TPSA) is 65.2 Å². The van der Waals surface area contributed by atoms with Gasteiger partial charge >= 0.3 is 0 Å². The van der Waals surface area contributed by atoms with E-state index in [2.05, 4.69) is 15.2 Å². The van der Waals surface area contributed by atoms with E-state index >= 15 is 0 Å². The summed E-state index contributed by atoms with van der Waals surface area (Å²) in [6.07, 6.45) is 6.76. The number of nitrogens with zero attached hydrogens (tertiary/aromatic N) is 1. The van der Waals surface area contributed by atoms with Crippen molar-refractivity contribution in [3.63, 3.8) is 0 Å². The molecule has 18 heavy (non-hydrogen) atoms. The van der Waals surface area contributed by atoms with E-state index in [4.69, 9.17) is 0 Å². The molecule has 1 aliphatic heterocycles. The molecule has 0 aliphatic carbocycles. The van der Waals surface area contributed by atoms with Gasteiger partial charge in [0.15, 0.2) is 5.43 Å². The highest BCUT2D eigenvalue weighted by molar-refractivity contribution is 5.93. The fraction of sp³-hybridized carbons (Fsp3) is 0.538. The summed E-state index contributed by atoms with van der Waals surface area (Å²) < 4.78 is 0. The van der Waals surface area contributed by atoms with Gasteiger partial charge in [-0.2, -0.15) is 0 Å². The molecule has 0 radical (unpaired) electrons. The highest BCUT2D eigenvalue weighted by Gasteiger charge is 2.11. The molecule has 2 rings (SSSR count). The lowest BCUT2D eigenvalue weighted by Gasteiger charge is -2.26. The summed E-state index contributed by atoms with van der Waals surface area (Å²) in [7, 11) is 0. The van der Waals surface area contributed by atoms with Gasteiger partial charge in [-0.1, -0.05) is 6.42 Å². The molecule has 0 spiro atoms. The first-order valence-corrected chi connectivity index (χ1v) is 6.45. The molecule has 0 bridgehead atoms. The van der Waals surface area contributed by atoms with Gasteiger partial charge in [-0.05, 0) is 25.9 Å². The number of hydrogen-bond donors (Lipinski definition) is 2. The number of carbonyl (C=O) groups excluding carboxylic acids is 1. The van der Waals surface area contributed by atoms with Crippen LogP contribution >= 0.6 is 0 Å². The van der Waals surface area contributed by atoms with E-state index in [1.165, 1.54) is 37.7 Å². The highest BCUT2D eigenvalue weighted by Crippen LogP contribution is 2.07. The maximum atomic E-state index is 11.8. The third-order valence-electron chi connectivity index (χ3n) is 3.23. The summed E-state index contributed by atoms with van der Waals surface area (Å²) in [5.41, 5.74) is -0.0691. The lowest BCUT2D eigenvalue weighted by molar-refractivity contribution is 0.0945. The van der Waals surface area contributed by atoms with Crippen LogP contribution in [0.4, 0.5) is 0 Å². The van der Waals surface area contributed by atoms with E-state index in [1.54, 1.807) is 0 Å². The fourth-order valence-electron chi connectivity index (χ4n) is 2.20. The minimum Gasteiger partial charge on any atom is -0.367 e. The van der Waals surface area contributed by atoms with Crippen molar-refractivity contribution in [3.05, 3.63) is 34.2 Å². The maximum absolute atomic E-state index is 11.8. The maximum Gasteiger partial charge on any atom is 0.256 e. The summed E-state index contributed by atoms with van der Waals surface area (Å²) in [5.74, 6) is -0.297. The number of carbonyl (C=O) groups is 1. The van der Waals surface area contributed by atoms with Crippen LogP contribution in [-0.4, -0.2) is 42.0 Å². The number of pyridine rings is 1. The largest absolute Gasteiger partial charge is 0.367 e. The Hall–Kier alpha value is -1.62. The third-order valence-corrected chi connectivity index (χ3v) is 3.23. The van der Waals surface area contributed by atoms with Crippen molar-refractivity contribution in [2.24, 2.45) is 0 Å². The molecule has 0 atom stereocenters. The zero-order chi connectivity index (χ0) is 12.8. The molecule has 1 amide bonds. The molecule has 1 aliphatic rings. The zero-order valence-corrected chi connectivity index (χ0v) is 10.4. The van der Waals surface area contributed by atoms with E-state index in [1.807, 2.05) is 0 Å². The normalized spacial score (nSPS) is 16.4. The average Bonchev–Trinajstić information content (AvgIpc) is 2.40. The Kier molecular flexibility index (Phi) is 4.52. The number of aromatic amines is 1. The van der Waals surface area contributed by atoms with Crippen LogP contribution in [0.5, 0.6) is 0 Å². The molecule has 1 aromatic rings. The molecule has 0 saturated carbocycles. The minimum absolute atomic E-state index is 0.177. The first-order valence-electron chi connectivity index (χ1n) is 6.45. The SMILES string of the molecule is O=C(NCCN1CCCCC1)c1c[nH]ccc1=O. The molecule has 0 unspecified atom stereocenters. The molecule has 5 nitrogen and oxygen atoms in total. The van der Waals surface area contributed by atoms with E-state index < -0.39 is 0 Å².